The number of nitrogens with zero attached hydrogens (tertiary/aromatic N) is 4. The molecule has 2 aliphatic rings. The lowest BCUT2D eigenvalue weighted by atomic mass is 10.1. The zero-order valence-corrected chi connectivity index (χ0v) is 20.4. The molecule has 192 valence electrons. The number of piperazine rings is 1. The fraction of sp³-hybridized carbons (Fsp3) is 0.462. The van der Waals surface area contributed by atoms with Crippen molar-refractivity contribution in [3.8, 4) is 0 Å². The Labute approximate surface area is 210 Å². The Hall–Kier alpha value is -3.53. The van der Waals surface area contributed by atoms with Gasteiger partial charge in [-0.3, -0.25) is 24.3 Å². The number of pyridine rings is 1. The number of nitrogens with one attached hydrogen (secondary N) is 2. The Morgan fingerprint density at radius 3 is 2.47 bits per heavy atom. The number of rotatable bonds is 9. The van der Waals surface area contributed by atoms with Crippen LogP contribution in [0.1, 0.15) is 30.9 Å². The van der Waals surface area contributed by atoms with Gasteiger partial charge < -0.3 is 20.4 Å². The van der Waals surface area contributed by atoms with Crippen LogP contribution in [-0.2, 0) is 14.4 Å². The molecule has 2 aromatic rings. The topological polar surface area (TPSA) is 97.9 Å². The summed E-state index contributed by atoms with van der Waals surface area (Å²) in [4.78, 5) is 46.7. The van der Waals surface area contributed by atoms with Gasteiger partial charge in [0.05, 0.1) is 11.7 Å². The van der Waals surface area contributed by atoms with Gasteiger partial charge in [-0.25, -0.2) is 4.39 Å². The van der Waals surface area contributed by atoms with Crippen LogP contribution in [0, 0.1) is 5.82 Å². The Morgan fingerprint density at radius 2 is 1.78 bits per heavy atom. The van der Waals surface area contributed by atoms with Gasteiger partial charge in [-0.15, -0.1) is 0 Å². The smallest absolute Gasteiger partial charge is 0.309 e. The normalized spacial score (nSPS) is 17.2. The number of likely N-dealkylation sites (tertiary alicyclic amines) is 1. The summed E-state index contributed by atoms with van der Waals surface area (Å²) in [5.74, 6) is -1.46. The van der Waals surface area contributed by atoms with Gasteiger partial charge in [-0.1, -0.05) is 18.2 Å². The minimum absolute atomic E-state index is 0.148. The molecule has 2 aliphatic heterocycles. The van der Waals surface area contributed by atoms with Gasteiger partial charge in [-0.05, 0) is 36.6 Å². The Morgan fingerprint density at radius 1 is 1.00 bits per heavy atom. The van der Waals surface area contributed by atoms with E-state index in [0.29, 0.717) is 57.8 Å². The minimum atomic E-state index is -0.689. The first-order valence-corrected chi connectivity index (χ1v) is 12.5. The second kappa shape index (κ2) is 12.4. The van der Waals surface area contributed by atoms with Crippen LogP contribution in [0.3, 0.4) is 0 Å². The Kier molecular flexibility index (Phi) is 8.83. The van der Waals surface area contributed by atoms with E-state index in [0.717, 1.165) is 18.5 Å². The maximum Gasteiger partial charge on any atom is 0.309 e. The number of aromatic nitrogens is 1. The summed E-state index contributed by atoms with van der Waals surface area (Å²) in [6.45, 7) is 4.56. The molecule has 1 atom stereocenters. The molecule has 1 aromatic heterocycles. The third kappa shape index (κ3) is 6.57. The SMILES string of the molecule is O=C(NCCCN1CCCC1=O)C(=O)NCC(c1cccnc1)N1CCN(c2ccccc2F)CC1. The van der Waals surface area contributed by atoms with E-state index in [-0.39, 0.29) is 24.3 Å². The van der Waals surface area contributed by atoms with Crippen molar-refractivity contribution < 1.29 is 18.8 Å². The second-order valence-corrected chi connectivity index (χ2v) is 9.08. The predicted molar refractivity (Wildman–Crippen MR) is 134 cm³/mol. The highest BCUT2D eigenvalue weighted by Crippen LogP contribution is 2.25. The van der Waals surface area contributed by atoms with E-state index in [1.165, 1.54) is 6.07 Å². The van der Waals surface area contributed by atoms with Gasteiger partial charge in [0, 0.05) is 71.2 Å². The first kappa shape index (κ1) is 25.6. The highest BCUT2D eigenvalue weighted by molar-refractivity contribution is 6.35. The predicted octanol–water partition coefficient (Wildman–Crippen LogP) is 1.33. The van der Waals surface area contributed by atoms with Crippen LogP contribution < -0.4 is 15.5 Å². The van der Waals surface area contributed by atoms with Gasteiger partial charge in [0.2, 0.25) is 5.91 Å². The third-order valence-corrected chi connectivity index (χ3v) is 6.74. The molecule has 0 bridgehead atoms. The lowest BCUT2D eigenvalue weighted by Gasteiger charge is -2.40. The van der Waals surface area contributed by atoms with Crippen molar-refractivity contribution in [2.45, 2.75) is 25.3 Å². The third-order valence-electron chi connectivity index (χ3n) is 6.74. The highest BCUT2D eigenvalue weighted by Gasteiger charge is 2.27. The van der Waals surface area contributed by atoms with Crippen LogP contribution >= 0.6 is 0 Å². The van der Waals surface area contributed by atoms with Gasteiger partial charge in [0.15, 0.2) is 0 Å². The number of amides is 3. The first-order valence-electron chi connectivity index (χ1n) is 12.5. The lowest BCUT2D eigenvalue weighted by molar-refractivity contribution is -0.139. The molecular weight excluding hydrogens is 463 g/mol. The summed E-state index contributed by atoms with van der Waals surface area (Å²) in [6, 6.07) is 10.4. The van der Waals surface area contributed by atoms with E-state index in [1.54, 1.807) is 29.4 Å². The maximum absolute atomic E-state index is 14.2. The average Bonchev–Trinajstić information content (AvgIpc) is 3.32. The number of anilines is 1. The van der Waals surface area contributed by atoms with E-state index in [9.17, 15) is 18.8 Å². The fourth-order valence-electron chi connectivity index (χ4n) is 4.78. The first-order chi connectivity index (χ1) is 17.5. The van der Waals surface area contributed by atoms with Crippen LogP contribution in [0.25, 0.3) is 0 Å². The number of para-hydroxylation sites is 1. The minimum Gasteiger partial charge on any atom is -0.367 e. The zero-order chi connectivity index (χ0) is 25.3. The maximum atomic E-state index is 14.2. The van der Waals surface area contributed by atoms with Crippen molar-refractivity contribution in [1.29, 1.82) is 0 Å². The molecule has 3 heterocycles. The number of halogens is 1. The van der Waals surface area contributed by atoms with Crippen LogP contribution in [0.5, 0.6) is 0 Å². The van der Waals surface area contributed by atoms with Crippen LogP contribution in [0.15, 0.2) is 48.8 Å². The molecule has 0 aliphatic carbocycles. The number of hydrogen-bond acceptors (Lipinski definition) is 6. The zero-order valence-electron chi connectivity index (χ0n) is 20.4. The summed E-state index contributed by atoms with van der Waals surface area (Å²) in [5, 5.41) is 5.40. The molecule has 1 aromatic carbocycles. The Balaban J connectivity index is 1.28. The number of hydrogen-bond donors (Lipinski definition) is 2. The average molecular weight is 497 g/mol. The van der Waals surface area contributed by atoms with Gasteiger partial charge in [0.25, 0.3) is 0 Å². The van der Waals surface area contributed by atoms with E-state index < -0.39 is 11.8 Å². The largest absolute Gasteiger partial charge is 0.367 e. The van der Waals surface area contributed by atoms with Gasteiger partial charge >= 0.3 is 11.8 Å². The molecular formula is C26H33FN6O3. The van der Waals surface area contributed by atoms with E-state index in [4.69, 9.17) is 0 Å². The molecule has 0 saturated carbocycles. The Bertz CT molecular complexity index is 1040. The number of benzene rings is 1. The molecule has 2 N–H and O–H groups in total. The van der Waals surface area contributed by atoms with E-state index in [1.807, 2.05) is 23.1 Å². The monoisotopic (exact) mass is 496 g/mol. The molecule has 4 rings (SSSR count). The molecule has 9 nitrogen and oxygen atoms in total. The standard InChI is InChI=1S/C26H33FN6O3/c27-21-7-1-2-8-22(21)31-14-16-32(17-15-31)23(20-6-3-10-28-18-20)19-30-26(36)25(35)29-11-5-13-33-12-4-9-24(33)34/h1-3,6-8,10,18,23H,4-5,9,11-17,19H2,(H,29,35)(H,30,36). The van der Waals surface area contributed by atoms with Crippen molar-refractivity contribution in [3.05, 3.63) is 60.2 Å². The van der Waals surface area contributed by atoms with Crippen molar-refractivity contribution in [2.24, 2.45) is 0 Å². The van der Waals surface area contributed by atoms with Gasteiger partial charge in [0.1, 0.15) is 5.82 Å². The molecule has 2 saturated heterocycles. The summed E-state index contributed by atoms with van der Waals surface area (Å²) in [5.41, 5.74) is 1.53. The molecule has 1 unspecified atom stereocenters. The van der Waals surface area contributed by atoms with Crippen molar-refractivity contribution in [2.75, 3.05) is 57.3 Å². The van der Waals surface area contributed by atoms with Crippen molar-refractivity contribution >= 4 is 23.4 Å². The van der Waals surface area contributed by atoms with Crippen LogP contribution in [0.4, 0.5) is 10.1 Å². The van der Waals surface area contributed by atoms with Gasteiger partial charge in [-0.2, -0.15) is 0 Å². The molecule has 36 heavy (non-hydrogen) atoms. The second-order valence-electron chi connectivity index (χ2n) is 9.08. The summed E-state index contributed by atoms with van der Waals surface area (Å²) < 4.78 is 14.2. The molecule has 10 heteroatoms. The quantitative estimate of drug-likeness (QED) is 0.402. The van der Waals surface area contributed by atoms with E-state index in [2.05, 4.69) is 20.5 Å². The summed E-state index contributed by atoms with van der Waals surface area (Å²) in [7, 11) is 0. The van der Waals surface area contributed by atoms with Crippen molar-refractivity contribution in [3.63, 3.8) is 0 Å². The van der Waals surface area contributed by atoms with E-state index >= 15 is 0 Å². The lowest BCUT2D eigenvalue weighted by Crippen LogP contribution is -2.51. The molecule has 3 amide bonds. The number of carbonyl (C=O) groups excluding carboxylic acids is 3. The number of carbonyl (C=O) groups is 3. The van der Waals surface area contributed by atoms with Crippen LogP contribution in [-0.4, -0.2) is 84.9 Å². The molecule has 2 fully saturated rings. The fourth-order valence-corrected chi connectivity index (χ4v) is 4.78. The van der Waals surface area contributed by atoms with Crippen LogP contribution in [0.2, 0.25) is 0 Å². The summed E-state index contributed by atoms with van der Waals surface area (Å²) in [6.07, 6.45) is 5.53. The molecule has 0 radical (unpaired) electrons. The van der Waals surface area contributed by atoms with Crippen molar-refractivity contribution in [1.82, 2.24) is 25.4 Å². The molecule has 0 spiro atoms. The summed E-state index contributed by atoms with van der Waals surface area (Å²) >= 11 is 0. The highest BCUT2D eigenvalue weighted by atomic mass is 19.1.